The first-order chi connectivity index (χ1) is 11.6. The molecule has 2 aromatic carbocycles. The molecule has 0 unspecified atom stereocenters. The fourth-order valence-corrected chi connectivity index (χ4v) is 2.42. The second kappa shape index (κ2) is 7.04. The third-order valence-corrected chi connectivity index (χ3v) is 3.70. The highest BCUT2D eigenvalue weighted by atomic mass is 19.1. The highest BCUT2D eigenvalue weighted by Crippen LogP contribution is 2.18. The van der Waals surface area contributed by atoms with Gasteiger partial charge in [0, 0.05) is 23.9 Å². The molecular weight excluding hydrogens is 303 g/mol. The van der Waals surface area contributed by atoms with Gasteiger partial charge in [0.15, 0.2) is 0 Å². The number of nitrogens with zero attached hydrogens (tertiary/aromatic N) is 1. The number of halogens is 1. The zero-order chi connectivity index (χ0) is 16.9. The zero-order valence-corrected chi connectivity index (χ0v) is 13.3. The predicted octanol–water partition coefficient (Wildman–Crippen LogP) is 4.13. The van der Waals surface area contributed by atoms with Gasteiger partial charge in [0.2, 0.25) is 0 Å². The lowest BCUT2D eigenvalue weighted by atomic mass is 10.1. The summed E-state index contributed by atoms with van der Waals surface area (Å²) in [6.45, 7) is 2.30. The Hall–Kier alpha value is -3.01. The van der Waals surface area contributed by atoms with Crippen LogP contribution in [-0.2, 0) is 6.54 Å². The minimum absolute atomic E-state index is 0.192. The maximum atomic E-state index is 13.1. The van der Waals surface area contributed by atoms with E-state index in [1.165, 1.54) is 12.1 Å². The van der Waals surface area contributed by atoms with Gasteiger partial charge in [-0.2, -0.15) is 0 Å². The molecule has 3 rings (SSSR count). The number of hydrogen-bond acceptors (Lipinski definition) is 2. The van der Waals surface area contributed by atoms with Gasteiger partial charge in [0.25, 0.3) is 5.91 Å². The van der Waals surface area contributed by atoms with Crippen molar-refractivity contribution in [1.82, 2.24) is 10.3 Å². The van der Waals surface area contributed by atoms with Crippen LogP contribution in [0.5, 0.6) is 0 Å². The van der Waals surface area contributed by atoms with Crippen LogP contribution >= 0.6 is 0 Å². The largest absolute Gasteiger partial charge is 0.348 e. The SMILES string of the molecule is Cc1ccnc(-c2ccc(C(=O)NCc3cccc(F)c3)cc2)c1. The Balaban J connectivity index is 1.68. The van der Waals surface area contributed by atoms with Gasteiger partial charge in [-0.25, -0.2) is 4.39 Å². The second-order valence-corrected chi connectivity index (χ2v) is 5.61. The first-order valence-corrected chi connectivity index (χ1v) is 7.67. The number of amides is 1. The molecule has 1 heterocycles. The smallest absolute Gasteiger partial charge is 0.251 e. The Morgan fingerprint density at radius 3 is 2.58 bits per heavy atom. The summed E-state index contributed by atoms with van der Waals surface area (Å²) >= 11 is 0. The van der Waals surface area contributed by atoms with Crippen LogP contribution < -0.4 is 5.32 Å². The summed E-state index contributed by atoms with van der Waals surface area (Å²) in [6, 6.07) is 17.4. The van der Waals surface area contributed by atoms with Crippen LogP contribution in [0.15, 0.2) is 66.9 Å². The van der Waals surface area contributed by atoms with E-state index in [9.17, 15) is 9.18 Å². The van der Waals surface area contributed by atoms with Crippen molar-refractivity contribution in [3.8, 4) is 11.3 Å². The van der Waals surface area contributed by atoms with Crippen LogP contribution in [0, 0.1) is 12.7 Å². The van der Waals surface area contributed by atoms with Crippen molar-refractivity contribution in [2.24, 2.45) is 0 Å². The molecule has 120 valence electrons. The molecule has 0 aliphatic heterocycles. The minimum atomic E-state index is -0.309. The highest BCUT2D eigenvalue weighted by molar-refractivity contribution is 5.94. The molecule has 1 amide bonds. The number of carbonyl (C=O) groups excluding carboxylic acids is 1. The van der Waals surface area contributed by atoms with Crippen molar-refractivity contribution in [2.75, 3.05) is 0 Å². The van der Waals surface area contributed by atoms with E-state index in [0.29, 0.717) is 5.56 Å². The first kappa shape index (κ1) is 15.9. The molecule has 0 saturated carbocycles. The third kappa shape index (κ3) is 3.84. The normalized spacial score (nSPS) is 10.4. The quantitative estimate of drug-likeness (QED) is 0.785. The number of benzene rings is 2. The number of aryl methyl sites for hydroxylation is 1. The van der Waals surface area contributed by atoms with Gasteiger partial charge in [-0.3, -0.25) is 9.78 Å². The molecule has 0 aliphatic rings. The molecule has 1 aromatic heterocycles. The van der Waals surface area contributed by atoms with Gasteiger partial charge in [0.1, 0.15) is 5.82 Å². The Kier molecular flexibility index (Phi) is 4.66. The number of aromatic nitrogens is 1. The van der Waals surface area contributed by atoms with E-state index < -0.39 is 0 Å². The van der Waals surface area contributed by atoms with Crippen LogP contribution in [0.3, 0.4) is 0 Å². The summed E-state index contributed by atoms with van der Waals surface area (Å²) in [5.41, 5.74) is 4.26. The molecule has 0 aliphatic carbocycles. The van der Waals surface area contributed by atoms with Crippen LogP contribution in [0.2, 0.25) is 0 Å². The third-order valence-electron chi connectivity index (χ3n) is 3.70. The van der Waals surface area contributed by atoms with Crippen molar-refractivity contribution in [1.29, 1.82) is 0 Å². The number of nitrogens with one attached hydrogen (secondary N) is 1. The van der Waals surface area contributed by atoms with Crippen LogP contribution in [-0.4, -0.2) is 10.9 Å². The first-order valence-electron chi connectivity index (χ1n) is 7.67. The summed E-state index contributed by atoms with van der Waals surface area (Å²) in [5, 5.41) is 2.79. The van der Waals surface area contributed by atoms with Crippen molar-refractivity contribution >= 4 is 5.91 Å². The van der Waals surface area contributed by atoms with Gasteiger partial charge in [-0.1, -0.05) is 24.3 Å². The Bertz CT molecular complexity index is 860. The van der Waals surface area contributed by atoms with Gasteiger partial charge < -0.3 is 5.32 Å². The Morgan fingerprint density at radius 1 is 1.08 bits per heavy atom. The Morgan fingerprint density at radius 2 is 1.88 bits per heavy atom. The van der Waals surface area contributed by atoms with E-state index in [1.54, 1.807) is 30.5 Å². The van der Waals surface area contributed by atoms with E-state index in [0.717, 1.165) is 22.4 Å². The standard InChI is InChI=1S/C20H17FN2O/c1-14-9-10-22-19(11-14)16-5-7-17(8-6-16)20(24)23-13-15-3-2-4-18(21)12-15/h2-12H,13H2,1H3,(H,23,24). The fraction of sp³-hybridized carbons (Fsp3) is 0.100. The second-order valence-electron chi connectivity index (χ2n) is 5.61. The molecule has 0 fully saturated rings. The van der Waals surface area contributed by atoms with Crippen molar-refractivity contribution in [3.05, 3.63) is 89.4 Å². The summed E-state index contributed by atoms with van der Waals surface area (Å²) < 4.78 is 13.1. The molecule has 3 aromatic rings. The van der Waals surface area contributed by atoms with Gasteiger partial charge >= 0.3 is 0 Å². The summed E-state index contributed by atoms with van der Waals surface area (Å²) in [7, 11) is 0. The molecule has 0 radical (unpaired) electrons. The average molecular weight is 320 g/mol. The maximum Gasteiger partial charge on any atom is 0.251 e. The molecule has 1 N–H and O–H groups in total. The monoisotopic (exact) mass is 320 g/mol. The van der Waals surface area contributed by atoms with E-state index in [1.807, 2.05) is 31.2 Å². The summed E-state index contributed by atoms with van der Waals surface area (Å²) in [5.74, 6) is -0.500. The zero-order valence-electron chi connectivity index (χ0n) is 13.3. The fourth-order valence-electron chi connectivity index (χ4n) is 2.42. The predicted molar refractivity (Wildman–Crippen MR) is 92.0 cm³/mol. The van der Waals surface area contributed by atoms with Crippen molar-refractivity contribution < 1.29 is 9.18 Å². The molecule has 4 heteroatoms. The van der Waals surface area contributed by atoms with E-state index in [2.05, 4.69) is 10.3 Å². The molecule has 0 saturated heterocycles. The van der Waals surface area contributed by atoms with E-state index in [4.69, 9.17) is 0 Å². The molecule has 0 spiro atoms. The topological polar surface area (TPSA) is 42.0 Å². The lowest BCUT2D eigenvalue weighted by Crippen LogP contribution is -2.22. The van der Waals surface area contributed by atoms with Gasteiger partial charge in [0.05, 0.1) is 5.69 Å². The number of pyridine rings is 1. The molecule has 24 heavy (non-hydrogen) atoms. The minimum Gasteiger partial charge on any atom is -0.348 e. The van der Waals surface area contributed by atoms with Gasteiger partial charge in [-0.15, -0.1) is 0 Å². The highest BCUT2D eigenvalue weighted by Gasteiger charge is 2.07. The summed E-state index contributed by atoms with van der Waals surface area (Å²) in [6.07, 6.45) is 1.77. The average Bonchev–Trinajstić information content (AvgIpc) is 2.60. The van der Waals surface area contributed by atoms with Crippen molar-refractivity contribution in [3.63, 3.8) is 0 Å². The van der Waals surface area contributed by atoms with E-state index in [-0.39, 0.29) is 18.3 Å². The number of carbonyl (C=O) groups is 1. The van der Waals surface area contributed by atoms with Crippen LogP contribution in [0.25, 0.3) is 11.3 Å². The lowest BCUT2D eigenvalue weighted by Gasteiger charge is -2.07. The maximum absolute atomic E-state index is 13.1. The van der Waals surface area contributed by atoms with Gasteiger partial charge in [-0.05, 0) is 54.4 Å². The molecule has 0 atom stereocenters. The molecular formula is C20H17FN2O. The van der Waals surface area contributed by atoms with Crippen LogP contribution in [0.4, 0.5) is 4.39 Å². The molecule has 3 nitrogen and oxygen atoms in total. The number of hydrogen-bond donors (Lipinski definition) is 1. The van der Waals surface area contributed by atoms with E-state index >= 15 is 0 Å². The summed E-state index contributed by atoms with van der Waals surface area (Å²) in [4.78, 5) is 16.5. The molecule has 0 bridgehead atoms. The lowest BCUT2D eigenvalue weighted by molar-refractivity contribution is 0.0951. The number of rotatable bonds is 4. The van der Waals surface area contributed by atoms with Crippen LogP contribution in [0.1, 0.15) is 21.5 Å². The Labute approximate surface area is 140 Å². The van der Waals surface area contributed by atoms with Crippen molar-refractivity contribution in [2.45, 2.75) is 13.5 Å².